The smallest absolute Gasteiger partial charge is 0.161 e. The van der Waals surface area contributed by atoms with Gasteiger partial charge in [-0.1, -0.05) is 6.08 Å². The van der Waals surface area contributed by atoms with Crippen molar-refractivity contribution in [2.24, 2.45) is 5.41 Å². The lowest BCUT2D eigenvalue weighted by Crippen LogP contribution is -2.32. The van der Waals surface area contributed by atoms with Crippen LogP contribution in [-0.4, -0.2) is 25.3 Å². The van der Waals surface area contributed by atoms with Gasteiger partial charge in [0.05, 0.1) is 19.6 Å². The lowest BCUT2D eigenvalue weighted by molar-refractivity contribution is -0.124. The minimum Gasteiger partial charge on any atom is -0.493 e. The molecule has 0 saturated heterocycles. The Morgan fingerprint density at radius 2 is 1.92 bits per heavy atom. The van der Waals surface area contributed by atoms with E-state index in [4.69, 9.17) is 9.47 Å². The van der Waals surface area contributed by atoms with Crippen molar-refractivity contribution in [2.75, 3.05) is 14.2 Å². The zero-order valence-electron chi connectivity index (χ0n) is 14.6. The van der Waals surface area contributed by atoms with Crippen LogP contribution in [0.1, 0.15) is 38.7 Å². The van der Waals surface area contributed by atoms with E-state index in [2.05, 4.69) is 32.1 Å². The molecule has 126 valence electrons. The Hall–Kier alpha value is -1.68. The first-order valence-electron chi connectivity index (χ1n) is 8.40. The number of hydrogen-bond donors (Lipinski definition) is 0. The minimum absolute atomic E-state index is 0.276. The maximum absolute atomic E-state index is 12.4. The van der Waals surface area contributed by atoms with E-state index in [0.717, 1.165) is 24.3 Å². The van der Waals surface area contributed by atoms with Gasteiger partial charge in [0.15, 0.2) is 11.5 Å². The third-order valence-corrected chi connectivity index (χ3v) is 6.89. The molecule has 4 heteroatoms. The van der Waals surface area contributed by atoms with Gasteiger partial charge in [0, 0.05) is 16.6 Å². The Balaban J connectivity index is 1.91. The van der Waals surface area contributed by atoms with Crippen LogP contribution in [0.2, 0.25) is 0 Å². The number of carbonyl (C=O) groups excluding carboxylic acids is 1. The van der Waals surface area contributed by atoms with Crippen LogP contribution < -0.4 is 9.47 Å². The molecule has 0 radical (unpaired) electrons. The van der Waals surface area contributed by atoms with E-state index >= 15 is 0 Å². The van der Waals surface area contributed by atoms with Crippen molar-refractivity contribution in [1.29, 1.82) is 0 Å². The highest BCUT2D eigenvalue weighted by Gasteiger charge is 2.47. The Labute approximate surface area is 147 Å². The fraction of sp³-hybridized carbons (Fsp3) is 0.450. The summed E-state index contributed by atoms with van der Waals surface area (Å²) < 4.78 is 11.0. The lowest BCUT2D eigenvalue weighted by Gasteiger charge is -2.40. The van der Waals surface area contributed by atoms with E-state index in [-0.39, 0.29) is 5.41 Å². The van der Waals surface area contributed by atoms with Crippen LogP contribution in [0.25, 0.3) is 5.57 Å². The van der Waals surface area contributed by atoms with Crippen LogP contribution in [0.4, 0.5) is 0 Å². The quantitative estimate of drug-likeness (QED) is 0.784. The average Bonchev–Trinajstić information content (AvgIpc) is 2.88. The van der Waals surface area contributed by atoms with Gasteiger partial charge in [-0.25, -0.2) is 0 Å². The second kappa shape index (κ2) is 5.41. The summed E-state index contributed by atoms with van der Waals surface area (Å²) in [6.07, 6.45) is 4.60. The monoisotopic (exact) mass is 342 g/mol. The molecule has 2 atom stereocenters. The molecule has 3 nitrogen and oxygen atoms in total. The van der Waals surface area contributed by atoms with Gasteiger partial charge in [-0.15, -0.1) is 11.8 Å². The molecule has 1 heterocycles. The van der Waals surface area contributed by atoms with Gasteiger partial charge in [-0.2, -0.15) is 0 Å². The van der Waals surface area contributed by atoms with Crippen molar-refractivity contribution in [3.63, 3.8) is 0 Å². The molecule has 2 unspecified atom stereocenters. The van der Waals surface area contributed by atoms with Crippen LogP contribution in [0.5, 0.6) is 11.5 Å². The van der Waals surface area contributed by atoms with Crippen molar-refractivity contribution < 1.29 is 14.3 Å². The van der Waals surface area contributed by atoms with E-state index in [1.54, 1.807) is 14.2 Å². The Bertz CT molecular complexity index is 805. The number of allylic oxidation sites excluding steroid dienone is 3. The topological polar surface area (TPSA) is 35.5 Å². The molecule has 1 aromatic carbocycles. The molecule has 0 fully saturated rings. The molecule has 0 N–H and O–H groups in total. The van der Waals surface area contributed by atoms with Crippen LogP contribution >= 0.6 is 11.8 Å². The first kappa shape index (κ1) is 15.8. The summed E-state index contributed by atoms with van der Waals surface area (Å²) in [4.78, 5) is 13.7. The number of benzene rings is 1. The number of ether oxygens (including phenoxy) is 2. The maximum atomic E-state index is 12.4. The number of Topliss-reactive ketones (excluding diaryl/α,β-unsaturated/α-hetero) is 1. The van der Waals surface area contributed by atoms with E-state index in [0.29, 0.717) is 17.5 Å². The van der Waals surface area contributed by atoms with E-state index in [1.165, 1.54) is 27.2 Å². The Morgan fingerprint density at radius 3 is 2.62 bits per heavy atom. The molecule has 24 heavy (non-hydrogen) atoms. The molecule has 4 rings (SSSR count). The fourth-order valence-corrected chi connectivity index (χ4v) is 5.59. The number of methoxy groups -OCH3 is 2. The van der Waals surface area contributed by atoms with E-state index < -0.39 is 0 Å². The van der Waals surface area contributed by atoms with Gasteiger partial charge in [-0.3, -0.25) is 4.79 Å². The molecule has 0 saturated carbocycles. The summed E-state index contributed by atoms with van der Waals surface area (Å²) >= 11 is 1.85. The van der Waals surface area contributed by atoms with Crippen LogP contribution in [-0.2, 0) is 4.79 Å². The summed E-state index contributed by atoms with van der Waals surface area (Å²) in [7, 11) is 3.35. The zero-order valence-corrected chi connectivity index (χ0v) is 15.4. The highest BCUT2D eigenvalue weighted by Crippen LogP contribution is 2.57. The third kappa shape index (κ3) is 2.02. The largest absolute Gasteiger partial charge is 0.493 e. The average molecular weight is 342 g/mol. The summed E-state index contributed by atoms with van der Waals surface area (Å²) in [5.41, 5.74) is 5.00. The molecule has 0 aromatic heterocycles. The summed E-state index contributed by atoms with van der Waals surface area (Å²) in [5.74, 6) is 1.92. The van der Waals surface area contributed by atoms with Crippen LogP contribution in [0.15, 0.2) is 34.3 Å². The van der Waals surface area contributed by atoms with Gasteiger partial charge in [0.1, 0.15) is 5.78 Å². The highest BCUT2D eigenvalue weighted by molar-refractivity contribution is 8.00. The second-order valence-corrected chi connectivity index (χ2v) is 8.32. The number of hydrogen-bond acceptors (Lipinski definition) is 4. The number of rotatable bonds is 2. The van der Waals surface area contributed by atoms with Crippen molar-refractivity contribution >= 4 is 23.1 Å². The predicted octanol–water partition coefficient (Wildman–Crippen LogP) is 4.65. The van der Waals surface area contributed by atoms with Crippen LogP contribution in [0, 0.1) is 5.41 Å². The van der Waals surface area contributed by atoms with Crippen molar-refractivity contribution in [1.82, 2.24) is 0 Å². The predicted molar refractivity (Wildman–Crippen MR) is 96.8 cm³/mol. The van der Waals surface area contributed by atoms with Gasteiger partial charge < -0.3 is 9.47 Å². The first-order valence-corrected chi connectivity index (χ1v) is 9.28. The molecule has 1 aliphatic heterocycles. The number of carbonyl (C=O) groups is 1. The van der Waals surface area contributed by atoms with Gasteiger partial charge in [-0.05, 0) is 61.1 Å². The number of fused-ring (bicyclic) bond motifs is 4. The van der Waals surface area contributed by atoms with Crippen molar-refractivity contribution in [2.45, 2.75) is 43.3 Å². The summed E-state index contributed by atoms with van der Waals surface area (Å²) in [5, 5.41) is 0.349. The van der Waals surface area contributed by atoms with Crippen molar-refractivity contribution in [3.05, 3.63) is 34.9 Å². The first-order chi connectivity index (χ1) is 11.5. The minimum atomic E-state index is -0.276. The van der Waals surface area contributed by atoms with Crippen LogP contribution in [0.3, 0.4) is 0 Å². The molecular formula is C20H22O3S. The molecule has 1 aromatic rings. The normalized spacial score (nSPS) is 28.1. The molecular weight excluding hydrogens is 320 g/mol. The highest BCUT2D eigenvalue weighted by atomic mass is 32.2. The number of thioether (sulfide) groups is 1. The second-order valence-electron chi connectivity index (χ2n) is 6.93. The third-order valence-electron chi connectivity index (χ3n) is 5.71. The lowest BCUT2D eigenvalue weighted by atomic mass is 9.67. The molecule has 0 amide bonds. The van der Waals surface area contributed by atoms with E-state index in [9.17, 15) is 4.79 Å². The van der Waals surface area contributed by atoms with Gasteiger partial charge in [0.2, 0.25) is 0 Å². The molecule has 0 bridgehead atoms. The zero-order chi connectivity index (χ0) is 17.1. The van der Waals surface area contributed by atoms with E-state index in [1.807, 2.05) is 11.8 Å². The Kier molecular flexibility index (Phi) is 3.57. The van der Waals surface area contributed by atoms with Gasteiger partial charge in [0.25, 0.3) is 0 Å². The SMILES string of the molecule is COc1cc2c(cc1OC)C1=C(C3=CCC(=O)C3(C)CC1)C(C)S2. The standard InChI is InChI=1S/C20H22O3S/c1-11-19-12(7-8-20(2)14(19)5-6-18(20)21)13-9-15(22-3)16(23-4)10-17(13)24-11/h5,9-11H,6-8H2,1-4H3. The molecule has 0 spiro atoms. The maximum Gasteiger partial charge on any atom is 0.161 e. The van der Waals surface area contributed by atoms with Gasteiger partial charge >= 0.3 is 0 Å². The molecule has 3 aliphatic rings. The Morgan fingerprint density at radius 1 is 1.21 bits per heavy atom. The van der Waals surface area contributed by atoms with Crippen molar-refractivity contribution in [3.8, 4) is 11.5 Å². The fourth-order valence-electron chi connectivity index (χ4n) is 4.34. The summed E-state index contributed by atoms with van der Waals surface area (Å²) in [6.45, 7) is 4.37. The number of ketones is 1. The summed E-state index contributed by atoms with van der Waals surface area (Å²) in [6, 6.07) is 4.18. The molecule has 2 aliphatic carbocycles.